The second-order valence-corrected chi connectivity index (χ2v) is 8.67. The van der Waals surface area contributed by atoms with E-state index in [1.807, 2.05) is 24.3 Å². The zero-order chi connectivity index (χ0) is 27.8. The fourth-order valence-corrected chi connectivity index (χ4v) is 4.44. The quantitative estimate of drug-likeness (QED) is 0.190. The molecule has 0 fully saturated rings. The van der Waals surface area contributed by atoms with E-state index < -0.39 is 0 Å². The lowest BCUT2D eigenvalue weighted by Crippen LogP contribution is -2.07. The van der Waals surface area contributed by atoms with Gasteiger partial charge < -0.3 is 36.9 Å². The molecule has 5 heterocycles. The molecule has 0 unspecified atom stereocenters. The van der Waals surface area contributed by atoms with Crippen molar-refractivity contribution in [3.05, 3.63) is 66.5 Å². The van der Waals surface area contributed by atoms with Gasteiger partial charge in [-0.15, -0.1) is 0 Å². The standard InChI is InChI=1S/C22H17FN8O.C4H5N3O/c1-25-15-6-13(23)12-9-26-14-5-3-2-4-11(14)18-17-16(12)19(15)29-20(17)31-22(30-18)32-10-7-27-21(24)28-8-10;5-4-6-1-3(8)2-7-4/h2-8,25-26H,9H2,1H3,(H2,24,27,28)(H,29,30,31);1-2,8H,(H2,5,6,7). The molecule has 0 aliphatic carbocycles. The van der Waals surface area contributed by atoms with Crippen molar-refractivity contribution >= 4 is 45.2 Å². The first-order valence-electron chi connectivity index (χ1n) is 12.0. The first-order chi connectivity index (χ1) is 19.4. The highest BCUT2D eigenvalue weighted by atomic mass is 19.1. The van der Waals surface area contributed by atoms with E-state index in [4.69, 9.17) is 26.3 Å². The van der Waals surface area contributed by atoms with Crippen LogP contribution >= 0.6 is 0 Å². The van der Waals surface area contributed by atoms with Crippen molar-refractivity contribution in [2.24, 2.45) is 0 Å². The number of hydrogen-bond acceptors (Lipinski definition) is 12. The largest absolute Gasteiger partial charge is 0.505 e. The molecule has 2 aromatic carbocycles. The Morgan fingerprint density at radius 3 is 2.38 bits per heavy atom. The molecule has 40 heavy (non-hydrogen) atoms. The minimum Gasteiger partial charge on any atom is -0.505 e. The summed E-state index contributed by atoms with van der Waals surface area (Å²) in [4.78, 5) is 27.5. The molecule has 13 nitrogen and oxygen atoms in total. The van der Waals surface area contributed by atoms with Crippen molar-refractivity contribution in [1.29, 1.82) is 0 Å². The van der Waals surface area contributed by atoms with Crippen molar-refractivity contribution in [2.75, 3.05) is 29.1 Å². The van der Waals surface area contributed by atoms with Gasteiger partial charge in [-0.25, -0.2) is 24.3 Å². The second-order valence-electron chi connectivity index (χ2n) is 8.67. The van der Waals surface area contributed by atoms with Gasteiger partial charge in [-0.05, 0) is 12.1 Å². The number of nitrogen functional groups attached to an aromatic ring is 2. The average molecular weight is 540 g/mol. The molecule has 0 saturated heterocycles. The molecule has 1 aliphatic rings. The second kappa shape index (κ2) is 9.83. The third-order valence-corrected chi connectivity index (χ3v) is 6.18. The van der Waals surface area contributed by atoms with Crippen LogP contribution in [0.3, 0.4) is 0 Å². The average Bonchev–Trinajstić information content (AvgIpc) is 3.33. The Morgan fingerprint density at radius 1 is 0.975 bits per heavy atom. The minimum atomic E-state index is -0.306. The van der Waals surface area contributed by atoms with E-state index in [2.05, 4.69) is 40.5 Å². The Hall–Kier alpha value is -5.79. The molecule has 7 rings (SSSR count). The van der Waals surface area contributed by atoms with E-state index in [1.165, 1.54) is 30.9 Å². The number of aromatic amines is 1. The van der Waals surface area contributed by atoms with Gasteiger partial charge in [0, 0.05) is 35.8 Å². The lowest BCUT2D eigenvalue weighted by molar-refractivity contribution is 0.440. The summed E-state index contributed by atoms with van der Waals surface area (Å²) in [5.74, 6) is 0.380. The van der Waals surface area contributed by atoms with Gasteiger partial charge in [0.05, 0.1) is 47.1 Å². The molecule has 0 bridgehead atoms. The number of benzene rings is 2. The third-order valence-electron chi connectivity index (χ3n) is 6.18. The molecule has 14 heteroatoms. The number of aromatic nitrogens is 7. The number of H-pyrrole nitrogens is 1. The number of rotatable bonds is 3. The highest BCUT2D eigenvalue weighted by molar-refractivity contribution is 6.17. The van der Waals surface area contributed by atoms with Crippen LogP contribution in [0.4, 0.5) is 27.7 Å². The number of fused-ring (bicyclic) bond motifs is 2. The van der Waals surface area contributed by atoms with Crippen LogP contribution in [0.15, 0.2) is 55.1 Å². The van der Waals surface area contributed by atoms with Gasteiger partial charge in [0.15, 0.2) is 11.5 Å². The fourth-order valence-electron chi connectivity index (χ4n) is 4.44. The van der Waals surface area contributed by atoms with E-state index in [-0.39, 0.29) is 29.5 Å². The Bertz CT molecular complexity index is 1840. The van der Waals surface area contributed by atoms with Crippen molar-refractivity contribution in [3.63, 3.8) is 0 Å². The SMILES string of the molecule is CNc1cc(F)c2c3c1[nH]c1nc(Oc4cnc(N)nc4)nc(c13)-c1ccccc1NC2.Nc1ncc(O)cn1. The van der Waals surface area contributed by atoms with Crippen LogP contribution in [0.2, 0.25) is 0 Å². The predicted octanol–water partition coefficient (Wildman–Crippen LogP) is 3.81. The van der Waals surface area contributed by atoms with E-state index >= 15 is 4.39 Å². The van der Waals surface area contributed by atoms with Crippen LogP contribution in [-0.4, -0.2) is 47.0 Å². The maximum absolute atomic E-state index is 15.1. The normalized spacial score (nSPS) is 11.7. The molecule has 1 aliphatic heterocycles. The number of anilines is 4. The third kappa shape index (κ3) is 4.42. The zero-order valence-electron chi connectivity index (χ0n) is 21.0. The number of para-hydroxylation sites is 1. The van der Waals surface area contributed by atoms with E-state index in [9.17, 15) is 0 Å². The predicted molar refractivity (Wildman–Crippen MR) is 148 cm³/mol. The first kappa shape index (κ1) is 24.5. The van der Waals surface area contributed by atoms with E-state index in [1.54, 1.807) is 7.05 Å². The van der Waals surface area contributed by atoms with Gasteiger partial charge in [0.2, 0.25) is 11.9 Å². The van der Waals surface area contributed by atoms with Crippen LogP contribution in [0, 0.1) is 5.82 Å². The Labute approximate surface area is 225 Å². The van der Waals surface area contributed by atoms with Crippen LogP contribution in [0.5, 0.6) is 17.5 Å². The Kier molecular flexibility index (Phi) is 6.03. The van der Waals surface area contributed by atoms with Gasteiger partial charge >= 0.3 is 6.01 Å². The molecule has 0 atom stereocenters. The van der Waals surface area contributed by atoms with E-state index in [0.717, 1.165) is 27.5 Å². The summed E-state index contributed by atoms with van der Waals surface area (Å²) >= 11 is 0. The molecular weight excluding hydrogens is 517 g/mol. The number of nitrogens with two attached hydrogens (primary N) is 2. The molecule has 6 aromatic rings. The van der Waals surface area contributed by atoms with Crippen molar-refractivity contribution < 1.29 is 14.2 Å². The molecule has 0 amide bonds. The molecule has 4 aromatic heterocycles. The van der Waals surface area contributed by atoms with Crippen LogP contribution in [0.1, 0.15) is 5.56 Å². The molecule has 8 N–H and O–H groups in total. The Morgan fingerprint density at radius 2 is 1.68 bits per heavy atom. The molecular formula is C26H22FN11O2. The topological polar surface area (TPSA) is 199 Å². The first-order valence-corrected chi connectivity index (χ1v) is 12.0. The van der Waals surface area contributed by atoms with Gasteiger partial charge in [0.25, 0.3) is 0 Å². The highest BCUT2D eigenvalue weighted by Crippen LogP contribution is 2.43. The summed E-state index contributed by atoms with van der Waals surface area (Å²) in [6.45, 7) is 0.330. The monoisotopic (exact) mass is 539 g/mol. The Balaban J connectivity index is 0.000000313. The summed E-state index contributed by atoms with van der Waals surface area (Å²) in [7, 11) is 1.75. The molecule has 0 spiro atoms. The smallest absolute Gasteiger partial charge is 0.324 e. The number of halogens is 1. The number of nitrogens with one attached hydrogen (secondary N) is 3. The molecule has 0 radical (unpaired) electrons. The molecule has 0 saturated carbocycles. The number of hydrogen-bond donors (Lipinski definition) is 6. The maximum Gasteiger partial charge on any atom is 0.324 e. The van der Waals surface area contributed by atoms with Gasteiger partial charge in [-0.3, -0.25) is 0 Å². The number of aromatic hydroxyl groups is 1. The number of ether oxygens (including phenoxy) is 1. The van der Waals surface area contributed by atoms with E-state index in [0.29, 0.717) is 34.9 Å². The summed E-state index contributed by atoms with van der Waals surface area (Å²) in [6, 6.07) is 9.34. The number of nitrogens with zero attached hydrogens (tertiary/aromatic N) is 6. The van der Waals surface area contributed by atoms with Crippen molar-refractivity contribution in [1.82, 2.24) is 34.9 Å². The summed E-state index contributed by atoms with van der Waals surface area (Å²) < 4.78 is 20.9. The summed E-state index contributed by atoms with van der Waals surface area (Å²) in [5, 5.41) is 16.5. The maximum atomic E-state index is 15.1. The van der Waals surface area contributed by atoms with Gasteiger partial charge in [-0.2, -0.15) is 9.97 Å². The van der Waals surface area contributed by atoms with Crippen LogP contribution in [0.25, 0.3) is 33.2 Å². The lowest BCUT2D eigenvalue weighted by atomic mass is 9.98. The fraction of sp³-hybridized carbons (Fsp3) is 0.0769. The van der Waals surface area contributed by atoms with Crippen molar-refractivity contribution in [3.8, 4) is 28.8 Å². The minimum absolute atomic E-state index is 0.0270. The van der Waals surface area contributed by atoms with Crippen LogP contribution < -0.4 is 26.8 Å². The summed E-state index contributed by atoms with van der Waals surface area (Å²) in [6.07, 6.45) is 5.38. The lowest BCUT2D eigenvalue weighted by Gasteiger charge is -2.18. The van der Waals surface area contributed by atoms with Crippen molar-refractivity contribution in [2.45, 2.75) is 6.54 Å². The molecule has 200 valence electrons. The highest BCUT2D eigenvalue weighted by Gasteiger charge is 2.25. The zero-order valence-corrected chi connectivity index (χ0v) is 21.0. The summed E-state index contributed by atoms with van der Waals surface area (Å²) in [5.41, 5.74) is 15.5. The van der Waals surface area contributed by atoms with Gasteiger partial charge in [-0.1, -0.05) is 18.2 Å². The van der Waals surface area contributed by atoms with Crippen LogP contribution in [-0.2, 0) is 6.54 Å². The van der Waals surface area contributed by atoms with Gasteiger partial charge in [0.1, 0.15) is 11.5 Å².